The summed E-state index contributed by atoms with van der Waals surface area (Å²) in [6, 6.07) is 5.82. The summed E-state index contributed by atoms with van der Waals surface area (Å²) in [5, 5.41) is 9.24. The molecule has 0 bridgehead atoms. The van der Waals surface area contributed by atoms with E-state index in [9.17, 15) is 4.79 Å². The zero-order valence-electron chi connectivity index (χ0n) is 14.6. The van der Waals surface area contributed by atoms with E-state index in [0.717, 1.165) is 41.9 Å². The molecule has 0 saturated carbocycles. The first-order valence-electron chi connectivity index (χ1n) is 8.15. The van der Waals surface area contributed by atoms with Crippen molar-refractivity contribution in [3.63, 3.8) is 0 Å². The van der Waals surface area contributed by atoms with E-state index in [1.54, 1.807) is 7.05 Å². The van der Waals surface area contributed by atoms with Crippen LogP contribution in [0.15, 0.2) is 27.7 Å². The van der Waals surface area contributed by atoms with Gasteiger partial charge in [0, 0.05) is 49.9 Å². The minimum absolute atomic E-state index is 0.0319. The number of carbonyl (C=O) groups is 1. The molecule has 1 amide bonds. The Bertz CT molecular complexity index is 549. The summed E-state index contributed by atoms with van der Waals surface area (Å²) < 4.78 is 6.22. The van der Waals surface area contributed by atoms with Crippen LogP contribution in [0.1, 0.15) is 25.3 Å². The van der Waals surface area contributed by atoms with Gasteiger partial charge in [0.05, 0.1) is 0 Å². The van der Waals surface area contributed by atoms with E-state index in [0.29, 0.717) is 18.9 Å². The largest absolute Gasteiger partial charge is 0.382 e. The van der Waals surface area contributed by atoms with Crippen molar-refractivity contribution in [1.82, 2.24) is 10.6 Å². The fourth-order valence-electron chi connectivity index (χ4n) is 1.98. The van der Waals surface area contributed by atoms with Gasteiger partial charge in [0.15, 0.2) is 5.96 Å². The van der Waals surface area contributed by atoms with Crippen LogP contribution in [0.2, 0.25) is 0 Å². The first-order valence-corrected chi connectivity index (χ1v) is 8.94. The Morgan fingerprint density at radius 3 is 2.75 bits per heavy atom. The number of hydrogen-bond acceptors (Lipinski definition) is 3. The number of ether oxygens (including phenoxy) is 1. The molecule has 0 unspecified atom stereocenters. The van der Waals surface area contributed by atoms with Crippen molar-refractivity contribution in [1.29, 1.82) is 0 Å². The number of benzene rings is 1. The molecule has 1 rings (SSSR count). The molecular weight excluding hydrogens is 372 g/mol. The lowest BCUT2D eigenvalue weighted by Crippen LogP contribution is -2.39. The average Bonchev–Trinajstić information content (AvgIpc) is 2.56. The number of nitrogens with zero attached hydrogens (tertiary/aromatic N) is 1. The van der Waals surface area contributed by atoms with Crippen LogP contribution in [0.3, 0.4) is 0 Å². The third-order valence-electron chi connectivity index (χ3n) is 3.30. The molecule has 0 atom stereocenters. The van der Waals surface area contributed by atoms with Crippen LogP contribution >= 0.6 is 15.9 Å². The Hall–Kier alpha value is -1.60. The van der Waals surface area contributed by atoms with Gasteiger partial charge in [-0.25, -0.2) is 0 Å². The van der Waals surface area contributed by atoms with Crippen molar-refractivity contribution < 1.29 is 9.53 Å². The van der Waals surface area contributed by atoms with Gasteiger partial charge in [0.2, 0.25) is 5.91 Å². The summed E-state index contributed by atoms with van der Waals surface area (Å²) in [6.45, 7) is 6.71. The molecule has 7 heteroatoms. The number of halogens is 1. The van der Waals surface area contributed by atoms with Crippen molar-refractivity contribution in [2.24, 2.45) is 4.99 Å². The van der Waals surface area contributed by atoms with E-state index in [1.807, 2.05) is 32.0 Å². The molecule has 6 nitrogen and oxygen atoms in total. The van der Waals surface area contributed by atoms with Crippen LogP contribution in [-0.2, 0) is 9.53 Å². The van der Waals surface area contributed by atoms with Crippen LogP contribution in [0, 0.1) is 6.92 Å². The number of rotatable bonds is 9. The molecule has 0 aliphatic carbocycles. The molecule has 134 valence electrons. The zero-order chi connectivity index (χ0) is 17.8. The van der Waals surface area contributed by atoms with E-state index in [2.05, 4.69) is 36.9 Å². The second-order valence-electron chi connectivity index (χ2n) is 5.23. The number of amides is 1. The third kappa shape index (κ3) is 8.31. The highest BCUT2D eigenvalue weighted by Crippen LogP contribution is 2.20. The number of hydrogen-bond donors (Lipinski definition) is 3. The monoisotopic (exact) mass is 398 g/mol. The van der Waals surface area contributed by atoms with Crippen LogP contribution in [0.5, 0.6) is 0 Å². The summed E-state index contributed by atoms with van der Waals surface area (Å²) in [6.07, 6.45) is 1.28. The average molecular weight is 399 g/mol. The number of aryl methyl sites for hydroxylation is 1. The molecular formula is C17H27BrN4O2. The maximum absolute atomic E-state index is 12.0. The van der Waals surface area contributed by atoms with Crippen LogP contribution in [-0.4, -0.2) is 45.2 Å². The highest BCUT2D eigenvalue weighted by Gasteiger charge is 2.06. The molecule has 0 radical (unpaired) electrons. The SMILES string of the molecule is CCOCCCNC(=NC)NCCC(=O)Nc1cc(Br)ccc1C. The summed E-state index contributed by atoms with van der Waals surface area (Å²) >= 11 is 3.41. The Balaban J connectivity index is 2.27. The van der Waals surface area contributed by atoms with E-state index in [-0.39, 0.29) is 5.91 Å². The standard InChI is InChI=1S/C17H27BrN4O2/c1-4-24-11-5-9-20-17(19-3)21-10-8-16(23)22-15-12-14(18)7-6-13(15)2/h6-7,12H,4-5,8-11H2,1-3H3,(H,22,23)(H2,19,20,21). The molecule has 0 spiro atoms. The van der Waals surface area contributed by atoms with Gasteiger partial charge in [-0.1, -0.05) is 22.0 Å². The van der Waals surface area contributed by atoms with Gasteiger partial charge >= 0.3 is 0 Å². The van der Waals surface area contributed by atoms with Gasteiger partial charge in [-0.3, -0.25) is 9.79 Å². The van der Waals surface area contributed by atoms with Crippen molar-refractivity contribution >= 4 is 33.5 Å². The molecule has 0 heterocycles. The van der Waals surface area contributed by atoms with Gasteiger partial charge < -0.3 is 20.7 Å². The van der Waals surface area contributed by atoms with Gasteiger partial charge in [0.1, 0.15) is 0 Å². The molecule has 0 aliphatic rings. The Morgan fingerprint density at radius 2 is 2.04 bits per heavy atom. The van der Waals surface area contributed by atoms with Gasteiger partial charge in [-0.15, -0.1) is 0 Å². The first kappa shape index (κ1) is 20.4. The maximum atomic E-state index is 12.0. The first-order chi connectivity index (χ1) is 11.6. The molecule has 0 fully saturated rings. The zero-order valence-corrected chi connectivity index (χ0v) is 16.2. The van der Waals surface area contributed by atoms with E-state index in [1.165, 1.54) is 0 Å². The lowest BCUT2D eigenvalue weighted by Gasteiger charge is -2.12. The lowest BCUT2D eigenvalue weighted by atomic mass is 10.2. The molecule has 1 aromatic carbocycles. The maximum Gasteiger partial charge on any atom is 0.226 e. The predicted molar refractivity (Wildman–Crippen MR) is 103 cm³/mol. The smallest absolute Gasteiger partial charge is 0.226 e. The van der Waals surface area contributed by atoms with Gasteiger partial charge in [-0.05, 0) is 38.0 Å². The van der Waals surface area contributed by atoms with E-state index in [4.69, 9.17) is 4.74 Å². The Labute approximate surface area is 152 Å². The van der Waals surface area contributed by atoms with Crippen LogP contribution < -0.4 is 16.0 Å². The van der Waals surface area contributed by atoms with Crippen molar-refractivity contribution in [3.8, 4) is 0 Å². The second-order valence-corrected chi connectivity index (χ2v) is 6.15. The van der Waals surface area contributed by atoms with E-state index >= 15 is 0 Å². The number of anilines is 1. The van der Waals surface area contributed by atoms with Crippen LogP contribution in [0.25, 0.3) is 0 Å². The Morgan fingerprint density at radius 1 is 1.29 bits per heavy atom. The molecule has 0 aliphatic heterocycles. The summed E-state index contributed by atoms with van der Waals surface area (Å²) in [5.74, 6) is 0.661. The highest BCUT2D eigenvalue weighted by atomic mass is 79.9. The van der Waals surface area contributed by atoms with Gasteiger partial charge in [0.25, 0.3) is 0 Å². The van der Waals surface area contributed by atoms with Crippen LogP contribution in [0.4, 0.5) is 5.69 Å². The number of aliphatic imine (C=N–C) groups is 1. The fraction of sp³-hybridized carbons (Fsp3) is 0.529. The molecule has 0 aromatic heterocycles. The predicted octanol–water partition coefficient (Wildman–Crippen LogP) is 2.68. The van der Waals surface area contributed by atoms with Crippen molar-refractivity contribution in [3.05, 3.63) is 28.2 Å². The summed E-state index contributed by atoms with van der Waals surface area (Å²) in [5.41, 5.74) is 1.86. The van der Waals surface area contributed by atoms with Crippen molar-refractivity contribution in [2.75, 3.05) is 38.7 Å². The molecule has 1 aromatic rings. The fourth-order valence-corrected chi connectivity index (χ4v) is 2.34. The highest BCUT2D eigenvalue weighted by molar-refractivity contribution is 9.10. The summed E-state index contributed by atoms with van der Waals surface area (Å²) in [7, 11) is 1.71. The summed E-state index contributed by atoms with van der Waals surface area (Å²) in [4.78, 5) is 16.2. The minimum atomic E-state index is -0.0319. The minimum Gasteiger partial charge on any atom is -0.382 e. The normalized spacial score (nSPS) is 11.2. The third-order valence-corrected chi connectivity index (χ3v) is 3.80. The topological polar surface area (TPSA) is 74.8 Å². The number of guanidine groups is 1. The van der Waals surface area contributed by atoms with E-state index < -0.39 is 0 Å². The van der Waals surface area contributed by atoms with Gasteiger partial charge in [-0.2, -0.15) is 0 Å². The number of nitrogens with one attached hydrogen (secondary N) is 3. The van der Waals surface area contributed by atoms with Crippen molar-refractivity contribution in [2.45, 2.75) is 26.7 Å². The molecule has 0 saturated heterocycles. The number of carbonyl (C=O) groups excluding carboxylic acids is 1. The lowest BCUT2D eigenvalue weighted by molar-refractivity contribution is -0.116. The quantitative estimate of drug-likeness (QED) is 0.339. The second kappa shape index (κ2) is 11.9. The Kier molecular flexibility index (Phi) is 10.1. The molecule has 3 N–H and O–H groups in total. The molecule has 24 heavy (non-hydrogen) atoms.